The Bertz CT molecular complexity index is 1610. The van der Waals surface area contributed by atoms with Gasteiger partial charge in [0, 0.05) is 32.9 Å². The fraction of sp³-hybridized carbons (Fsp3) is 0.667. The quantitative estimate of drug-likeness (QED) is 0.0302. The molecule has 1 N–H and O–H groups in total. The molecule has 0 aliphatic rings. The van der Waals surface area contributed by atoms with Crippen LogP contribution in [0.2, 0.25) is 0 Å². The number of carbonyl (C=O) groups excluding carboxylic acids is 2. The van der Waals surface area contributed by atoms with Crippen molar-refractivity contribution in [2.45, 2.75) is 235 Å². The average molecular weight is 969 g/mol. The number of allylic oxidation sites excluding steroid dienone is 9. The predicted octanol–water partition coefficient (Wildman–Crippen LogP) is 18.6. The molecular formula is C63H109N5O2. The molecule has 1 aromatic heterocycles. The zero-order valence-electron chi connectivity index (χ0n) is 47.2. The molecule has 70 heavy (non-hydrogen) atoms. The first-order chi connectivity index (χ1) is 33.9. The largest absolute Gasteiger partial charge is 0.364 e. The molecule has 1 heterocycles. The Morgan fingerprint density at radius 2 is 1.14 bits per heavy atom. The minimum absolute atomic E-state index is 0.132. The van der Waals surface area contributed by atoms with Crippen molar-refractivity contribution in [2.75, 3.05) is 39.0 Å². The van der Waals surface area contributed by atoms with E-state index < -0.39 is 0 Å². The van der Waals surface area contributed by atoms with E-state index in [0.29, 0.717) is 23.0 Å². The molecule has 7 nitrogen and oxygen atoms in total. The molecule has 0 aliphatic heterocycles. The van der Waals surface area contributed by atoms with Crippen molar-refractivity contribution in [1.82, 2.24) is 19.8 Å². The number of carbonyl (C=O) groups is 2. The van der Waals surface area contributed by atoms with Crippen LogP contribution < -0.4 is 5.32 Å². The second-order valence-electron chi connectivity index (χ2n) is 19.3. The van der Waals surface area contributed by atoms with E-state index in [1.54, 1.807) is 0 Å². The Balaban J connectivity index is 0. The highest BCUT2D eigenvalue weighted by Crippen LogP contribution is 2.24. The Kier molecular flexibility index (Phi) is 49.8. The van der Waals surface area contributed by atoms with Crippen molar-refractivity contribution in [2.24, 2.45) is 5.92 Å². The zero-order chi connectivity index (χ0) is 52.3. The summed E-state index contributed by atoms with van der Waals surface area (Å²) in [6.07, 6.45) is 57.1. The molecule has 0 atom stereocenters. The topological polar surface area (TPSA) is 78.4 Å². The van der Waals surface area contributed by atoms with Crippen molar-refractivity contribution >= 4 is 23.1 Å². The molecule has 0 fully saturated rings. The number of Topliss-reactive ketones (excluding diaryl/α,β-unsaturated/α-hetero) is 2. The normalized spacial score (nSPS) is 11.3. The van der Waals surface area contributed by atoms with E-state index in [2.05, 4.69) is 155 Å². The van der Waals surface area contributed by atoms with Crippen LogP contribution in [0.5, 0.6) is 0 Å². The lowest BCUT2D eigenvalue weighted by atomic mass is 9.95. The van der Waals surface area contributed by atoms with Gasteiger partial charge in [-0.3, -0.25) is 9.59 Å². The maximum atomic E-state index is 11.9. The summed E-state index contributed by atoms with van der Waals surface area (Å²) in [5, 5.41) is 2.97. The maximum absolute atomic E-state index is 11.9. The van der Waals surface area contributed by atoms with Crippen LogP contribution in [0.25, 0.3) is 5.70 Å². The van der Waals surface area contributed by atoms with E-state index in [-0.39, 0.29) is 5.78 Å². The van der Waals surface area contributed by atoms with E-state index >= 15 is 0 Å². The molecule has 0 spiro atoms. The lowest BCUT2D eigenvalue weighted by Crippen LogP contribution is -2.27. The summed E-state index contributed by atoms with van der Waals surface area (Å²) in [6, 6.07) is 0. The molecule has 398 valence electrons. The monoisotopic (exact) mass is 968 g/mol. The van der Waals surface area contributed by atoms with Crippen molar-refractivity contribution in [3.05, 3.63) is 103 Å². The number of hydrogen-bond donors (Lipinski definition) is 1. The first-order valence-electron chi connectivity index (χ1n) is 28.3. The van der Waals surface area contributed by atoms with Crippen LogP contribution in [-0.2, 0) is 4.79 Å². The number of nitrogens with one attached hydrogen (secondary N) is 1. The summed E-state index contributed by atoms with van der Waals surface area (Å²) in [7, 11) is 4.10. The van der Waals surface area contributed by atoms with Gasteiger partial charge in [-0.25, -0.2) is 9.97 Å². The first-order valence-corrected chi connectivity index (χ1v) is 28.3. The summed E-state index contributed by atoms with van der Waals surface area (Å²) < 4.78 is 0. The van der Waals surface area contributed by atoms with Gasteiger partial charge in [0.25, 0.3) is 0 Å². The summed E-state index contributed by atoms with van der Waals surface area (Å²) in [5.41, 5.74) is 5.90. The Morgan fingerprint density at radius 1 is 0.657 bits per heavy atom. The third-order valence-electron chi connectivity index (χ3n) is 12.4. The van der Waals surface area contributed by atoms with Gasteiger partial charge >= 0.3 is 0 Å². The van der Waals surface area contributed by atoms with Gasteiger partial charge in [-0.15, -0.1) is 12.3 Å². The number of hydrogen-bond acceptors (Lipinski definition) is 7. The predicted molar refractivity (Wildman–Crippen MR) is 311 cm³/mol. The average Bonchev–Trinajstić information content (AvgIpc) is 3.34. The third-order valence-corrected chi connectivity index (χ3v) is 12.4. The fourth-order valence-electron chi connectivity index (χ4n) is 7.84. The molecule has 7 heteroatoms. The summed E-state index contributed by atoms with van der Waals surface area (Å²) in [6.45, 7) is 28.7. The molecule has 0 saturated carbocycles. The van der Waals surface area contributed by atoms with E-state index in [4.69, 9.17) is 0 Å². The molecule has 1 aromatic rings. The molecule has 0 aromatic carbocycles. The van der Waals surface area contributed by atoms with E-state index in [9.17, 15) is 9.59 Å². The molecule has 0 unspecified atom stereocenters. The fourth-order valence-corrected chi connectivity index (χ4v) is 7.84. The molecule has 0 saturated heterocycles. The summed E-state index contributed by atoms with van der Waals surface area (Å²) in [4.78, 5) is 36.6. The Labute approximate surface area is 433 Å². The number of ketones is 2. The lowest BCUT2D eigenvalue weighted by Gasteiger charge is -2.26. The third kappa shape index (κ3) is 42.8. The zero-order valence-corrected chi connectivity index (χ0v) is 47.2. The van der Waals surface area contributed by atoms with Gasteiger partial charge in [0.2, 0.25) is 0 Å². The molecular weight excluding hydrogens is 859 g/mol. The van der Waals surface area contributed by atoms with Crippen LogP contribution in [0.4, 0.5) is 5.82 Å². The van der Waals surface area contributed by atoms with Crippen LogP contribution >= 0.6 is 0 Å². The van der Waals surface area contributed by atoms with Gasteiger partial charge in [0.1, 0.15) is 22.9 Å². The SMILES string of the molecule is C=C(C)CCCCCCC/C=C\C/C=C\CCCCC.C=C=C(c1nc(C(C)=O)cnc1NC=C)N(CC)CCCN(C)C.CCCCC/C=C\C/C=C\CCCCCCCC(=O)CCC(CC)CC. The number of nitrogens with zero attached hydrogens (tertiary/aromatic N) is 4. The van der Waals surface area contributed by atoms with Crippen LogP contribution in [0.3, 0.4) is 0 Å². The standard InChI is InChI=1S/C25H46O.C20H36.C18H27N5O/c1-4-7-8-9-10-11-12-13-14-15-16-17-18-19-20-21-25(26)23-22-24(5-2)6-3;1-4-5-6-7-8-9-10-11-12-13-14-15-16-17-18-19-20(2)3;1-7-16(23(9-3)12-10-11-22(5)6)17-18(19-8-2)20-13-15(21-17)14(4)24/h10-11,13-14,24H,4-9,12,15-23H2,1-3H3;8-9,11-12H,2,4-7,10,13-19H2,1,3H3;8,13H,1-2,9-12H2,3-6H3,(H,19,20)/b11-10-,14-13-;9-8-,12-11-;. The van der Waals surface area contributed by atoms with Gasteiger partial charge in [0.15, 0.2) is 11.6 Å². The van der Waals surface area contributed by atoms with Crippen molar-refractivity contribution < 1.29 is 9.59 Å². The second kappa shape index (κ2) is 51.3. The minimum Gasteiger partial charge on any atom is -0.364 e. The van der Waals surface area contributed by atoms with E-state index in [1.807, 2.05) is 0 Å². The Hall–Kier alpha value is -4.06. The minimum atomic E-state index is -0.132. The summed E-state index contributed by atoms with van der Waals surface area (Å²) in [5.74, 6) is 1.64. The highest BCUT2D eigenvalue weighted by molar-refractivity contribution is 5.92. The number of rotatable bonds is 43. The van der Waals surface area contributed by atoms with Crippen LogP contribution in [0.15, 0.2) is 92.0 Å². The maximum Gasteiger partial charge on any atom is 0.179 e. The van der Waals surface area contributed by atoms with Crippen LogP contribution in [0, 0.1) is 5.92 Å². The van der Waals surface area contributed by atoms with Gasteiger partial charge in [0.05, 0.1) is 6.20 Å². The first kappa shape index (κ1) is 68.0. The molecule has 0 radical (unpaired) electrons. The second-order valence-corrected chi connectivity index (χ2v) is 19.3. The molecule has 1 rings (SSSR count). The van der Waals surface area contributed by atoms with Gasteiger partial charge < -0.3 is 15.1 Å². The van der Waals surface area contributed by atoms with Gasteiger partial charge in [-0.05, 0) is 143 Å². The van der Waals surface area contributed by atoms with Crippen LogP contribution in [0.1, 0.15) is 251 Å². The van der Waals surface area contributed by atoms with Crippen molar-refractivity contribution in [3.63, 3.8) is 0 Å². The lowest BCUT2D eigenvalue weighted by molar-refractivity contribution is -0.119. The van der Waals surface area contributed by atoms with Crippen molar-refractivity contribution in [3.8, 4) is 0 Å². The summed E-state index contributed by atoms with van der Waals surface area (Å²) >= 11 is 0. The van der Waals surface area contributed by atoms with Gasteiger partial charge in [-0.2, -0.15) is 0 Å². The molecule has 0 aliphatic carbocycles. The number of aromatic nitrogens is 2. The highest BCUT2D eigenvalue weighted by Gasteiger charge is 2.18. The van der Waals surface area contributed by atoms with E-state index in [1.165, 1.54) is 166 Å². The molecule has 0 amide bonds. The van der Waals surface area contributed by atoms with Gasteiger partial charge in [-0.1, -0.05) is 172 Å². The smallest absolute Gasteiger partial charge is 0.179 e. The van der Waals surface area contributed by atoms with Crippen molar-refractivity contribution in [1.29, 1.82) is 0 Å². The van der Waals surface area contributed by atoms with E-state index in [0.717, 1.165) is 76.2 Å². The number of unbranched alkanes of at least 4 members (excludes halogenated alkanes) is 16. The number of anilines is 1. The molecule has 0 bridgehead atoms. The Morgan fingerprint density at radius 3 is 1.57 bits per heavy atom. The highest BCUT2D eigenvalue weighted by atomic mass is 16.1. The van der Waals surface area contributed by atoms with Crippen LogP contribution in [-0.4, -0.2) is 65.1 Å².